The van der Waals surface area contributed by atoms with Gasteiger partial charge in [-0.2, -0.15) is 10.5 Å². The summed E-state index contributed by atoms with van der Waals surface area (Å²) in [5, 5.41) is 8.15. The van der Waals surface area contributed by atoms with Crippen molar-refractivity contribution in [1.29, 1.82) is 0 Å². The maximum Gasteiger partial charge on any atom is 0.365 e. The number of para-hydroxylation sites is 1. The maximum absolute atomic E-state index is 13.6. The zero-order valence-electron chi connectivity index (χ0n) is 19.9. The van der Waals surface area contributed by atoms with Crippen molar-refractivity contribution in [2.75, 3.05) is 24.2 Å². The van der Waals surface area contributed by atoms with Crippen LogP contribution in [0.3, 0.4) is 0 Å². The van der Waals surface area contributed by atoms with E-state index in [0.717, 1.165) is 30.9 Å². The van der Waals surface area contributed by atoms with Gasteiger partial charge in [0.1, 0.15) is 0 Å². The molecule has 0 saturated heterocycles. The van der Waals surface area contributed by atoms with Crippen LogP contribution in [0.15, 0.2) is 86.8 Å². The monoisotopic (exact) mass is 675 g/mol. The lowest BCUT2D eigenvalue weighted by atomic mass is 10.3. The summed E-state index contributed by atoms with van der Waals surface area (Å²) in [5.41, 5.74) is 5.35. The number of hydrazine groups is 1. The summed E-state index contributed by atoms with van der Waals surface area (Å²) in [5.74, 6) is -1.36. The Hall–Kier alpha value is -2.97. The van der Waals surface area contributed by atoms with Crippen LogP contribution in [0.25, 0.3) is 10.2 Å². The summed E-state index contributed by atoms with van der Waals surface area (Å²) in [6.45, 7) is 0. The molecule has 0 saturated carbocycles. The van der Waals surface area contributed by atoms with Gasteiger partial charge in [-0.3, -0.25) is 0 Å². The fraction of sp³-hybridized carbons (Fsp3) is 0.120. The largest absolute Gasteiger partial charge is 0.465 e. The minimum absolute atomic E-state index is 0.0200. The van der Waals surface area contributed by atoms with Crippen molar-refractivity contribution in [1.82, 2.24) is 10.4 Å². The normalized spacial score (nSPS) is 16.8. The Kier molecular flexibility index (Phi) is 7.73. The highest BCUT2D eigenvalue weighted by Gasteiger charge is 2.56. The molecule has 0 amide bonds. The van der Waals surface area contributed by atoms with E-state index in [1.165, 1.54) is 30.6 Å². The minimum atomic E-state index is -1.73. The Morgan fingerprint density at radius 2 is 1.61 bits per heavy atom. The van der Waals surface area contributed by atoms with Gasteiger partial charge in [-0.25, -0.2) is 24.6 Å². The number of hydrogen-bond acceptors (Lipinski definition) is 11. The number of fused-ring (bicyclic) bond motifs is 1. The molecule has 13 heteroatoms. The number of anilines is 3. The van der Waals surface area contributed by atoms with Crippen molar-refractivity contribution in [3.05, 3.63) is 81.7 Å². The number of thiazole rings is 1. The standard InChI is InChI=1S/C25H19Br2N5O4S2/c1-35-22(33)21-29-32(18-13-9-16(27)10-14-18)25(38-21,23(34)36-2)30-31(17-11-7-15(26)8-12-17)24-28-19-5-3-4-6-20(19)37-24/h3-14,30H,1-2H3. The molecular weight excluding hydrogens is 658 g/mol. The average molecular weight is 677 g/mol. The number of rotatable bonds is 7. The van der Waals surface area contributed by atoms with E-state index in [4.69, 9.17) is 14.5 Å². The van der Waals surface area contributed by atoms with Gasteiger partial charge in [-0.1, -0.05) is 55.3 Å². The van der Waals surface area contributed by atoms with Crippen molar-refractivity contribution in [2.24, 2.45) is 5.10 Å². The third-order valence-corrected chi connectivity index (χ3v) is 8.70. The van der Waals surface area contributed by atoms with Gasteiger partial charge >= 0.3 is 11.9 Å². The van der Waals surface area contributed by atoms with Crippen LogP contribution in [0.2, 0.25) is 0 Å². The second kappa shape index (κ2) is 11.0. The number of nitrogens with zero attached hydrogens (tertiary/aromatic N) is 4. The molecule has 0 aliphatic carbocycles. The summed E-state index contributed by atoms with van der Waals surface area (Å²) in [7, 11) is 2.54. The van der Waals surface area contributed by atoms with Crippen molar-refractivity contribution >= 4 is 98.7 Å². The molecule has 1 aromatic heterocycles. The Bertz CT molecular complexity index is 1500. The summed E-state index contributed by atoms with van der Waals surface area (Å²) < 4.78 is 12.9. The van der Waals surface area contributed by atoms with Crippen molar-refractivity contribution < 1.29 is 19.1 Å². The lowest BCUT2D eigenvalue weighted by Crippen LogP contribution is -2.63. The number of hydrazone groups is 1. The fourth-order valence-corrected chi connectivity index (χ4v) is 6.24. The quantitative estimate of drug-likeness (QED) is 0.186. The molecule has 0 bridgehead atoms. The number of nitrogens with one attached hydrogen (secondary N) is 1. The van der Waals surface area contributed by atoms with E-state index < -0.39 is 16.9 Å². The second-order valence-corrected chi connectivity index (χ2v) is 11.8. The predicted octanol–water partition coefficient (Wildman–Crippen LogP) is 6.03. The van der Waals surface area contributed by atoms with Gasteiger partial charge in [0.05, 0.1) is 35.8 Å². The van der Waals surface area contributed by atoms with Gasteiger partial charge in [0.25, 0.3) is 4.99 Å². The fourth-order valence-electron chi connectivity index (χ4n) is 3.66. The van der Waals surface area contributed by atoms with Gasteiger partial charge in [-0.15, -0.1) is 0 Å². The molecular formula is C25H19Br2N5O4S2. The molecule has 1 atom stereocenters. The number of carbonyl (C=O) groups is 2. The summed E-state index contributed by atoms with van der Waals surface area (Å²) >= 11 is 9.24. The molecule has 194 valence electrons. The van der Waals surface area contributed by atoms with Crippen molar-refractivity contribution in [3.8, 4) is 0 Å². The zero-order chi connectivity index (χ0) is 26.9. The van der Waals surface area contributed by atoms with E-state index in [-0.39, 0.29) is 5.04 Å². The lowest BCUT2D eigenvalue weighted by molar-refractivity contribution is -0.144. The smallest absolute Gasteiger partial charge is 0.365 e. The van der Waals surface area contributed by atoms with Gasteiger partial charge in [-0.05, 0) is 72.4 Å². The predicted molar refractivity (Wildman–Crippen MR) is 157 cm³/mol. The van der Waals surface area contributed by atoms with Crippen molar-refractivity contribution in [3.63, 3.8) is 0 Å². The number of esters is 2. The number of carbonyl (C=O) groups excluding carboxylic acids is 2. The third kappa shape index (κ3) is 5.04. The van der Waals surface area contributed by atoms with E-state index in [9.17, 15) is 9.59 Å². The van der Waals surface area contributed by atoms with Gasteiger partial charge in [0, 0.05) is 8.95 Å². The Balaban J connectivity index is 1.68. The molecule has 9 nitrogen and oxygen atoms in total. The number of hydrogen-bond donors (Lipinski definition) is 1. The third-order valence-electron chi connectivity index (χ3n) is 5.45. The van der Waals surface area contributed by atoms with Gasteiger partial charge < -0.3 is 9.47 Å². The van der Waals surface area contributed by atoms with Crippen LogP contribution in [-0.2, 0) is 19.1 Å². The summed E-state index contributed by atoms with van der Waals surface area (Å²) in [6, 6.07) is 22.4. The Labute approximate surface area is 243 Å². The van der Waals surface area contributed by atoms with E-state index in [0.29, 0.717) is 16.5 Å². The van der Waals surface area contributed by atoms with Crippen LogP contribution in [0.1, 0.15) is 0 Å². The lowest BCUT2D eigenvalue weighted by Gasteiger charge is -2.38. The first-order chi connectivity index (χ1) is 18.3. The molecule has 2 heterocycles. The topological polar surface area (TPSA) is 96.4 Å². The van der Waals surface area contributed by atoms with E-state index in [1.807, 2.05) is 60.7 Å². The number of ether oxygens (including phenoxy) is 2. The first-order valence-electron chi connectivity index (χ1n) is 11.0. The molecule has 1 aliphatic heterocycles. The Morgan fingerprint density at radius 1 is 0.947 bits per heavy atom. The minimum Gasteiger partial charge on any atom is -0.465 e. The number of methoxy groups -OCH3 is 2. The highest BCUT2D eigenvalue weighted by atomic mass is 79.9. The van der Waals surface area contributed by atoms with Gasteiger partial charge in [0.15, 0.2) is 0 Å². The molecule has 38 heavy (non-hydrogen) atoms. The number of aromatic nitrogens is 1. The zero-order valence-corrected chi connectivity index (χ0v) is 24.7. The van der Waals surface area contributed by atoms with E-state index in [1.54, 1.807) is 17.1 Å². The molecule has 1 unspecified atom stereocenters. The molecule has 1 aliphatic rings. The highest BCUT2D eigenvalue weighted by molar-refractivity contribution is 9.10. The summed E-state index contributed by atoms with van der Waals surface area (Å²) in [4.78, 5) is 29.3. The first kappa shape index (κ1) is 26.6. The molecule has 3 aromatic carbocycles. The molecule has 0 radical (unpaired) electrons. The first-order valence-corrected chi connectivity index (χ1v) is 14.3. The summed E-state index contributed by atoms with van der Waals surface area (Å²) in [6.07, 6.45) is 0. The number of halogens is 2. The molecule has 0 fully saturated rings. The average Bonchev–Trinajstić information content (AvgIpc) is 3.54. The van der Waals surface area contributed by atoms with Crippen molar-refractivity contribution in [2.45, 2.75) is 4.99 Å². The SMILES string of the molecule is COC(=O)C1=NN(c2ccc(Br)cc2)C(NN(c2ccc(Br)cc2)c2nc3ccccc3s2)(C(=O)OC)S1. The molecule has 0 spiro atoms. The second-order valence-electron chi connectivity index (χ2n) is 7.81. The molecule has 1 N–H and O–H groups in total. The van der Waals surface area contributed by atoms with Crippen LogP contribution in [-0.4, -0.2) is 41.2 Å². The molecule has 5 rings (SSSR count). The van der Waals surface area contributed by atoms with Crippen LogP contribution in [0.5, 0.6) is 0 Å². The van der Waals surface area contributed by atoms with E-state index >= 15 is 0 Å². The Morgan fingerprint density at radius 3 is 2.24 bits per heavy atom. The molecule has 4 aromatic rings. The van der Waals surface area contributed by atoms with Gasteiger partial charge in [0.2, 0.25) is 10.2 Å². The number of benzene rings is 3. The number of thioether (sulfide) groups is 1. The van der Waals surface area contributed by atoms with Crippen LogP contribution in [0, 0.1) is 0 Å². The van der Waals surface area contributed by atoms with Crippen LogP contribution >= 0.6 is 55.0 Å². The van der Waals surface area contributed by atoms with Crippen LogP contribution < -0.4 is 15.4 Å². The maximum atomic E-state index is 13.6. The van der Waals surface area contributed by atoms with E-state index in [2.05, 4.69) is 42.4 Å². The van der Waals surface area contributed by atoms with Crippen LogP contribution in [0.4, 0.5) is 16.5 Å². The highest BCUT2D eigenvalue weighted by Crippen LogP contribution is 2.43.